The second-order valence-corrected chi connectivity index (χ2v) is 7.45. The van der Waals surface area contributed by atoms with Gasteiger partial charge in [-0.3, -0.25) is 4.68 Å². The number of hydrogen-bond acceptors (Lipinski definition) is 5. The molecule has 28 heavy (non-hydrogen) atoms. The number of fused-ring (bicyclic) bond motifs is 2. The molecule has 0 radical (unpaired) electrons. The SMILES string of the molecule is COC(=O)c1c(COc2ccc3cc(C#N)ccc3c2Br)nn2c1CCCC2. The number of aromatic nitrogens is 2. The minimum atomic E-state index is -0.372. The van der Waals surface area contributed by atoms with Gasteiger partial charge in [0.15, 0.2) is 0 Å². The first kappa shape index (κ1) is 18.5. The van der Waals surface area contributed by atoms with Crippen molar-refractivity contribution in [3.8, 4) is 11.8 Å². The van der Waals surface area contributed by atoms with Crippen LogP contribution in [0.2, 0.25) is 0 Å². The molecule has 2 aromatic carbocycles. The summed E-state index contributed by atoms with van der Waals surface area (Å²) in [5.74, 6) is 0.280. The summed E-state index contributed by atoms with van der Waals surface area (Å²) in [4.78, 5) is 12.3. The van der Waals surface area contributed by atoms with E-state index in [0.717, 1.165) is 46.7 Å². The lowest BCUT2D eigenvalue weighted by atomic mass is 10.0. The van der Waals surface area contributed by atoms with Gasteiger partial charge in [-0.25, -0.2) is 4.79 Å². The number of ether oxygens (including phenoxy) is 2. The van der Waals surface area contributed by atoms with E-state index in [1.807, 2.05) is 28.9 Å². The fraction of sp³-hybridized carbons (Fsp3) is 0.286. The van der Waals surface area contributed by atoms with E-state index >= 15 is 0 Å². The van der Waals surface area contributed by atoms with Crippen molar-refractivity contribution in [2.75, 3.05) is 7.11 Å². The first-order valence-corrected chi connectivity index (χ1v) is 9.83. The Morgan fingerprint density at radius 1 is 1.32 bits per heavy atom. The molecule has 6 nitrogen and oxygen atoms in total. The van der Waals surface area contributed by atoms with Crippen LogP contribution in [0.25, 0.3) is 10.8 Å². The molecule has 0 unspecified atom stereocenters. The van der Waals surface area contributed by atoms with Gasteiger partial charge in [-0.1, -0.05) is 12.1 Å². The molecule has 0 spiro atoms. The van der Waals surface area contributed by atoms with Gasteiger partial charge in [0.25, 0.3) is 0 Å². The van der Waals surface area contributed by atoms with Crippen LogP contribution >= 0.6 is 15.9 Å². The largest absolute Gasteiger partial charge is 0.486 e. The number of rotatable bonds is 4. The molecule has 4 rings (SSSR count). The van der Waals surface area contributed by atoms with Crippen molar-refractivity contribution >= 4 is 32.7 Å². The van der Waals surface area contributed by atoms with E-state index in [9.17, 15) is 4.79 Å². The Balaban J connectivity index is 1.65. The van der Waals surface area contributed by atoms with Crippen molar-refractivity contribution < 1.29 is 14.3 Å². The molecular formula is C21H18BrN3O3. The zero-order valence-electron chi connectivity index (χ0n) is 15.4. The highest BCUT2D eigenvalue weighted by Gasteiger charge is 2.26. The van der Waals surface area contributed by atoms with Gasteiger partial charge in [0, 0.05) is 6.54 Å². The van der Waals surface area contributed by atoms with Crippen LogP contribution in [-0.4, -0.2) is 22.9 Å². The second kappa shape index (κ2) is 7.64. The third-order valence-electron chi connectivity index (χ3n) is 4.97. The van der Waals surface area contributed by atoms with Crippen molar-refractivity contribution in [1.29, 1.82) is 5.26 Å². The van der Waals surface area contributed by atoms with E-state index < -0.39 is 0 Å². The quantitative estimate of drug-likeness (QED) is 0.563. The first-order chi connectivity index (χ1) is 13.6. The van der Waals surface area contributed by atoms with Crippen molar-refractivity contribution in [3.05, 3.63) is 57.3 Å². The van der Waals surface area contributed by atoms with Gasteiger partial charge in [0.2, 0.25) is 0 Å². The standard InChI is InChI=1S/C21H18BrN3O3/c1-27-21(26)19-16(24-25-9-3-2-4-17(19)25)12-28-18-8-6-14-10-13(11-23)5-7-15(14)20(18)22/h5-8,10H,2-4,9,12H2,1H3. The van der Waals surface area contributed by atoms with Crippen LogP contribution in [-0.2, 0) is 24.3 Å². The molecule has 0 aliphatic carbocycles. The van der Waals surface area contributed by atoms with E-state index in [2.05, 4.69) is 27.1 Å². The molecule has 2 heterocycles. The molecule has 142 valence electrons. The molecule has 0 fully saturated rings. The lowest BCUT2D eigenvalue weighted by molar-refractivity contribution is 0.0596. The van der Waals surface area contributed by atoms with Crippen LogP contribution < -0.4 is 4.74 Å². The third kappa shape index (κ3) is 3.25. The highest BCUT2D eigenvalue weighted by Crippen LogP contribution is 2.34. The fourth-order valence-electron chi connectivity index (χ4n) is 3.58. The maximum Gasteiger partial charge on any atom is 0.341 e. The summed E-state index contributed by atoms with van der Waals surface area (Å²) in [5, 5.41) is 15.6. The third-order valence-corrected chi connectivity index (χ3v) is 5.78. The smallest absolute Gasteiger partial charge is 0.341 e. The van der Waals surface area contributed by atoms with Crippen LogP contribution in [0, 0.1) is 11.3 Å². The van der Waals surface area contributed by atoms with Crippen molar-refractivity contribution in [1.82, 2.24) is 9.78 Å². The summed E-state index contributed by atoms with van der Waals surface area (Å²) in [6.07, 6.45) is 2.91. The number of hydrogen-bond donors (Lipinski definition) is 0. The lowest BCUT2D eigenvalue weighted by Gasteiger charge is -2.13. The van der Waals surface area contributed by atoms with Crippen LogP contribution in [0.5, 0.6) is 5.75 Å². The number of benzene rings is 2. The van der Waals surface area contributed by atoms with E-state index in [-0.39, 0.29) is 12.6 Å². The Hall–Kier alpha value is -2.85. The lowest BCUT2D eigenvalue weighted by Crippen LogP contribution is -2.14. The van der Waals surface area contributed by atoms with Gasteiger partial charge >= 0.3 is 5.97 Å². The number of nitriles is 1. The molecule has 0 N–H and O–H groups in total. The average molecular weight is 440 g/mol. The molecule has 0 bridgehead atoms. The first-order valence-electron chi connectivity index (χ1n) is 9.04. The highest BCUT2D eigenvalue weighted by atomic mass is 79.9. The summed E-state index contributed by atoms with van der Waals surface area (Å²) < 4.78 is 13.7. The summed E-state index contributed by atoms with van der Waals surface area (Å²) >= 11 is 3.59. The minimum absolute atomic E-state index is 0.171. The van der Waals surface area contributed by atoms with E-state index in [1.54, 1.807) is 6.07 Å². The summed E-state index contributed by atoms with van der Waals surface area (Å²) in [6.45, 7) is 0.977. The summed E-state index contributed by atoms with van der Waals surface area (Å²) in [6, 6.07) is 11.4. The number of esters is 1. The van der Waals surface area contributed by atoms with E-state index in [0.29, 0.717) is 22.6 Å². The Labute approximate surface area is 170 Å². The Morgan fingerprint density at radius 3 is 2.96 bits per heavy atom. The monoisotopic (exact) mass is 439 g/mol. The van der Waals surface area contributed by atoms with Crippen molar-refractivity contribution in [3.63, 3.8) is 0 Å². The van der Waals surface area contributed by atoms with E-state index in [1.165, 1.54) is 7.11 Å². The molecule has 0 atom stereocenters. The zero-order valence-corrected chi connectivity index (χ0v) is 17.0. The van der Waals surface area contributed by atoms with Gasteiger partial charge < -0.3 is 9.47 Å². The highest BCUT2D eigenvalue weighted by molar-refractivity contribution is 9.10. The Kier molecular flexibility index (Phi) is 5.05. The molecule has 1 aromatic heterocycles. The zero-order chi connectivity index (χ0) is 19.7. The van der Waals surface area contributed by atoms with Gasteiger partial charge in [0.1, 0.15) is 23.6 Å². The van der Waals surface area contributed by atoms with Gasteiger partial charge in [-0.05, 0) is 64.2 Å². The molecule has 1 aliphatic rings. The predicted molar refractivity (Wildman–Crippen MR) is 107 cm³/mol. The molecule has 1 aliphatic heterocycles. The number of carbonyl (C=O) groups excluding carboxylic acids is 1. The van der Waals surface area contributed by atoms with Crippen LogP contribution in [0.15, 0.2) is 34.8 Å². The van der Waals surface area contributed by atoms with Crippen molar-refractivity contribution in [2.24, 2.45) is 0 Å². The van der Waals surface area contributed by atoms with Gasteiger partial charge in [-0.15, -0.1) is 0 Å². The van der Waals surface area contributed by atoms with Crippen LogP contribution in [0.4, 0.5) is 0 Å². The maximum atomic E-state index is 12.3. The van der Waals surface area contributed by atoms with Crippen LogP contribution in [0.3, 0.4) is 0 Å². The van der Waals surface area contributed by atoms with Gasteiger partial charge in [0.05, 0.1) is 28.9 Å². The number of methoxy groups -OCH3 is 1. The number of carbonyl (C=O) groups is 1. The van der Waals surface area contributed by atoms with Gasteiger partial charge in [-0.2, -0.15) is 10.4 Å². The topological polar surface area (TPSA) is 77.1 Å². The summed E-state index contributed by atoms with van der Waals surface area (Å²) in [5.41, 5.74) is 2.66. The predicted octanol–water partition coefficient (Wildman–Crippen LogP) is 4.37. The molecule has 7 heteroatoms. The molecule has 3 aromatic rings. The number of halogens is 1. The summed E-state index contributed by atoms with van der Waals surface area (Å²) in [7, 11) is 1.38. The Morgan fingerprint density at radius 2 is 2.18 bits per heavy atom. The maximum absolute atomic E-state index is 12.3. The average Bonchev–Trinajstić information content (AvgIpc) is 3.10. The second-order valence-electron chi connectivity index (χ2n) is 6.65. The Bertz CT molecular complexity index is 1110. The molecule has 0 saturated carbocycles. The van der Waals surface area contributed by atoms with Crippen molar-refractivity contribution in [2.45, 2.75) is 32.4 Å². The molecule has 0 saturated heterocycles. The molecule has 0 amide bonds. The normalized spacial score (nSPS) is 13.0. The molecular weight excluding hydrogens is 422 g/mol. The number of aryl methyl sites for hydroxylation is 1. The minimum Gasteiger partial charge on any atom is -0.486 e. The van der Waals surface area contributed by atoms with Crippen LogP contribution in [0.1, 0.15) is 40.2 Å². The number of nitrogens with zero attached hydrogens (tertiary/aromatic N) is 3. The van der Waals surface area contributed by atoms with E-state index in [4.69, 9.17) is 14.7 Å². The fourth-order valence-corrected chi connectivity index (χ4v) is 4.19.